The van der Waals surface area contributed by atoms with Gasteiger partial charge in [0.05, 0.1) is 28.9 Å². The maximum Gasteiger partial charge on any atom is 0.315 e. The van der Waals surface area contributed by atoms with E-state index in [1.54, 1.807) is 13.0 Å². The molecule has 3 N–H and O–H groups in total. The van der Waals surface area contributed by atoms with Gasteiger partial charge in [0.15, 0.2) is 11.5 Å². The average molecular weight is 423 g/mol. The molecule has 2 aliphatic rings. The molecule has 0 aromatic heterocycles. The van der Waals surface area contributed by atoms with Crippen LogP contribution < -0.4 is 15.4 Å². The van der Waals surface area contributed by atoms with Crippen molar-refractivity contribution in [3.05, 3.63) is 63.3 Å². The summed E-state index contributed by atoms with van der Waals surface area (Å²) in [5.41, 5.74) is 2.79. The van der Waals surface area contributed by atoms with Crippen LogP contribution in [0.25, 0.3) is 0 Å². The molecule has 1 atom stereocenters. The van der Waals surface area contributed by atoms with Crippen molar-refractivity contribution < 1.29 is 19.6 Å². The van der Waals surface area contributed by atoms with Gasteiger partial charge in [0.25, 0.3) is 0 Å². The quantitative estimate of drug-likeness (QED) is 0.472. The predicted molar refractivity (Wildman–Crippen MR) is 117 cm³/mol. The molecule has 4 rings (SSSR count). The minimum absolute atomic E-state index is 0.0160. The zero-order chi connectivity index (χ0) is 22.3. The number of ketones is 1. The number of nitrogens with one attached hydrogen (secondary N) is 2. The lowest BCUT2D eigenvalue weighted by Crippen LogP contribution is -2.31. The number of aromatic hydroxyl groups is 1. The topological polar surface area (TPSA) is 114 Å². The lowest BCUT2D eigenvalue weighted by atomic mass is 9.73. The number of carbonyl (C=O) groups excluding carboxylic acids is 1. The average Bonchev–Trinajstić information content (AvgIpc) is 2.85. The molecule has 8 heteroatoms. The number of nitrogens with zero attached hydrogens (tertiary/aromatic N) is 1. The van der Waals surface area contributed by atoms with Crippen molar-refractivity contribution in [2.75, 3.05) is 17.2 Å². The first-order chi connectivity index (χ1) is 14.7. The molecule has 0 fully saturated rings. The molecule has 8 nitrogen and oxygen atoms in total. The summed E-state index contributed by atoms with van der Waals surface area (Å²) in [6.45, 7) is 6.06. The number of anilines is 2. The summed E-state index contributed by atoms with van der Waals surface area (Å²) >= 11 is 0. The number of ether oxygens (including phenoxy) is 1. The Morgan fingerprint density at radius 1 is 1.23 bits per heavy atom. The number of hydrogen-bond acceptors (Lipinski definition) is 7. The van der Waals surface area contributed by atoms with Gasteiger partial charge in [-0.1, -0.05) is 26.0 Å². The van der Waals surface area contributed by atoms with Crippen molar-refractivity contribution in [1.29, 1.82) is 0 Å². The molecule has 1 aliphatic carbocycles. The molecule has 1 aliphatic heterocycles. The molecule has 0 radical (unpaired) electrons. The standard InChI is InChI=1S/C23H25N3O5/c1-4-31-19-10-13(9-17(22(19)28)26(29)30)21-20-16(11-23(2,3)12-18(20)27)24-14-7-5-6-8-15(14)25-21/h5-10,21,24-25,28H,4,11-12H2,1-3H3. The number of allylic oxidation sites excluding steroid dienone is 1. The summed E-state index contributed by atoms with van der Waals surface area (Å²) in [5.74, 6) is -0.518. The van der Waals surface area contributed by atoms with Gasteiger partial charge in [-0.15, -0.1) is 0 Å². The van der Waals surface area contributed by atoms with Crippen LogP contribution in [0, 0.1) is 15.5 Å². The maximum absolute atomic E-state index is 13.3. The van der Waals surface area contributed by atoms with E-state index in [4.69, 9.17) is 4.74 Å². The fourth-order valence-electron chi connectivity index (χ4n) is 4.32. The van der Waals surface area contributed by atoms with E-state index in [1.807, 2.05) is 38.1 Å². The van der Waals surface area contributed by atoms with Gasteiger partial charge in [-0.25, -0.2) is 0 Å². The zero-order valence-corrected chi connectivity index (χ0v) is 17.7. The van der Waals surface area contributed by atoms with Gasteiger partial charge in [0, 0.05) is 23.8 Å². The summed E-state index contributed by atoms with van der Waals surface area (Å²) in [4.78, 5) is 24.2. The van der Waals surface area contributed by atoms with E-state index < -0.39 is 22.4 Å². The monoisotopic (exact) mass is 423 g/mol. The van der Waals surface area contributed by atoms with E-state index in [-0.39, 0.29) is 23.6 Å². The van der Waals surface area contributed by atoms with Gasteiger partial charge >= 0.3 is 5.69 Å². The van der Waals surface area contributed by atoms with Crippen molar-refractivity contribution in [1.82, 2.24) is 0 Å². The van der Waals surface area contributed by atoms with Gasteiger partial charge in [-0.2, -0.15) is 0 Å². The highest BCUT2D eigenvalue weighted by atomic mass is 16.6. The molecule has 1 heterocycles. The normalized spacial score (nSPS) is 19.5. The molecule has 0 bridgehead atoms. The summed E-state index contributed by atoms with van der Waals surface area (Å²) in [5, 5.41) is 28.7. The molecular formula is C23H25N3O5. The van der Waals surface area contributed by atoms with Crippen LogP contribution in [0.1, 0.15) is 45.2 Å². The maximum atomic E-state index is 13.3. The van der Waals surface area contributed by atoms with Gasteiger partial charge in [0.1, 0.15) is 0 Å². The largest absolute Gasteiger partial charge is 0.500 e. The fraction of sp³-hybridized carbons (Fsp3) is 0.348. The van der Waals surface area contributed by atoms with E-state index in [2.05, 4.69) is 10.6 Å². The van der Waals surface area contributed by atoms with Crippen LogP contribution in [0.3, 0.4) is 0 Å². The number of nitro benzene ring substituents is 1. The van der Waals surface area contributed by atoms with Crippen LogP contribution in [0.15, 0.2) is 47.7 Å². The van der Waals surface area contributed by atoms with Gasteiger partial charge in [-0.3, -0.25) is 14.9 Å². The third-order valence-corrected chi connectivity index (χ3v) is 5.63. The summed E-state index contributed by atoms with van der Waals surface area (Å²) in [6.07, 6.45) is 1.04. The van der Waals surface area contributed by atoms with E-state index >= 15 is 0 Å². The molecule has 2 aromatic carbocycles. The molecule has 2 aromatic rings. The third-order valence-electron chi connectivity index (χ3n) is 5.63. The first kappa shape index (κ1) is 20.7. The van der Waals surface area contributed by atoms with E-state index in [1.165, 1.54) is 6.07 Å². The molecule has 0 amide bonds. The second-order valence-corrected chi connectivity index (χ2v) is 8.66. The van der Waals surface area contributed by atoms with Crippen molar-refractivity contribution >= 4 is 22.8 Å². The van der Waals surface area contributed by atoms with Crippen LogP contribution in [0.2, 0.25) is 0 Å². The number of para-hydroxylation sites is 2. The minimum Gasteiger partial charge on any atom is -0.500 e. The molecule has 31 heavy (non-hydrogen) atoms. The number of Topliss-reactive ketones (excluding diaryl/α,β-unsaturated/α-hetero) is 1. The zero-order valence-electron chi connectivity index (χ0n) is 17.7. The van der Waals surface area contributed by atoms with E-state index in [9.17, 15) is 20.0 Å². The van der Waals surface area contributed by atoms with Crippen LogP contribution in [0.5, 0.6) is 11.5 Å². The highest BCUT2D eigenvalue weighted by molar-refractivity contribution is 6.01. The Labute approximate surface area is 180 Å². The summed E-state index contributed by atoms with van der Waals surface area (Å²) in [7, 11) is 0. The number of phenolic OH excluding ortho intramolecular Hbond substituents is 1. The summed E-state index contributed by atoms with van der Waals surface area (Å²) in [6, 6.07) is 9.84. The Bertz CT molecular complexity index is 1110. The van der Waals surface area contributed by atoms with Crippen LogP contribution in [-0.4, -0.2) is 22.4 Å². The van der Waals surface area contributed by atoms with Gasteiger partial charge < -0.3 is 20.5 Å². The molecule has 0 spiro atoms. The Morgan fingerprint density at radius 3 is 2.61 bits per heavy atom. The molecule has 162 valence electrons. The SMILES string of the molecule is CCOc1cc(C2Nc3ccccc3NC3=C2C(=O)CC(C)(C)C3)cc([N+](=O)[O-])c1O. The van der Waals surface area contributed by atoms with Crippen molar-refractivity contribution in [2.24, 2.45) is 5.41 Å². The second-order valence-electron chi connectivity index (χ2n) is 8.66. The first-order valence-corrected chi connectivity index (χ1v) is 10.2. The number of benzene rings is 2. The van der Waals surface area contributed by atoms with Crippen LogP contribution in [-0.2, 0) is 4.79 Å². The number of carbonyl (C=O) groups is 1. The molecule has 1 unspecified atom stereocenters. The summed E-state index contributed by atoms with van der Waals surface area (Å²) < 4.78 is 5.46. The minimum atomic E-state index is -0.647. The highest BCUT2D eigenvalue weighted by Gasteiger charge is 2.39. The van der Waals surface area contributed by atoms with Gasteiger partial charge in [-0.05, 0) is 42.5 Å². The molecular weight excluding hydrogens is 398 g/mol. The Balaban J connectivity index is 1.93. The van der Waals surface area contributed by atoms with Crippen molar-refractivity contribution in [3.63, 3.8) is 0 Å². The Kier molecular flexibility index (Phi) is 5.08. The van der Waals surface area contributed by atoms with Crippen LogP contribution >= 0.6 is 0 Å². The Morgan fingerprint density at radius 2 is 1.94 bits per heavy atom. The van der Waals surface area contributed by atoms with E-state index in [0.717, 1.165) is 17.1 Å². The third kappa shape index (κ3) is 3.81. The van der Waals surface area contributed by atoms with Crippen molar-refractivity contribution in [2.45, 2.75) is 39.7 Å². The fourth-order valence-corrected chi connectivity index (χ4v) is 4.32. The van der Waals surface area contributed by atoms with E-state index in [0.29, 0.717) is 24.0 Å². The number of rotatable bonds is 4. The number of phenols is 1. The highest BCUT2D eigenvalue weighted by Crippen LogP contribution is 2.47. The molecule has 0 saturated heterocycles. The lowest BCUT2D eigenvalue weighted by molar-refractivity contribution is -0.386. The predicted octanol–water partition coefficient (Wildman–Crippen LogP) is 4.92. The smallest absolute Gasteiger partial charge is 0.315 e. The van der Waals surface area contributed by atoms with Crippen molar-refractivity contribution in [3.8, 4) is 11.5 Å². The first-order valence-electron chi connectivity index (χ1n) is 10.2. The number of fused-ring (bicyclic) bond motifs is 1. The lowest BCUT2D eigenvalue weighted by Gasteiger charge is -2.34. The van der Waals surface area contributed by atoms with Gasteiger partial charge in [0.2, 0.25) is 5.75 Å². The van der Waals surface area contributed by atoms with Crippen LogP contribution in [0.4, 0.5) is 17.1 Å². The molecule has 0 saturated carbocycles. The number of nitro groups is 1. The number of hydrogen-bond donors (Lipinski definition) is 3. The Hall–Kier alpha value is -3.55. The second kappa shape index (κ2) is 7.61.